The molecule has 6 nitrogen and oxygen atoms in total. The Kier molecular flexibility index (Phi) is 5.13. The first-order valence-electron chi connectivity index (χ1n) is 9.68. The van der Waals surface area contributed by atoms with E-state index in [2.05, 4.69) is 9.88 Å². The molecule has 8 heteroatoms. The highest BCUT2D eigenvalue weighted by molar-refractivity contribution is 5.93. The van der Waals surface area contributed by atoms with E-state index in [0.717, 1.165) is 62.9 Å². The zero-order valence-corrected chi connectivity index (χ0v) is 15.3. The number of nitrogens with zero attached hydrogens (tertiary/aromatic N) is 3. The number of halogens is 2. The number of hydrogen-bond donors (Lipinski definition) is 2. The van der Waals surface area contributed by atoms with Crippen LogP contribution in [0.4, 0.5) is 8.78 Å². The third-order valence-electron chi connectivity index (χ3n) is 6.77. The van der Waals surface area contributed by atoms with E-state index in [-0.39, 0.29) is 5.41 Å². The molecule has 1 aromatic heterocycles. The molecule has 2 fully saturated rings. The fourth-order valence-corrected chi connectivity index (χ4v) is 5.07. The van der Waals surface area contributed by atoms with E-state index in [4.69, 9.17) is 5.21 Å². The second-order valence-electron chi connectivity index (χ2n) is 8.20. The van der Waals surface area contributed by atoms with Gasteiger partial charge in [0.1, 0.15) is 0 Å². The average molecular weight is 380 g/mol. The number of carbonyl (C=O) groups excluding carboxylic acids is 1. The number of alkyl halides is 2. The van der Waals surface area contributed by atoms with Crippen molar-refractivity contribution in [2.24, 2.45) is 5.41 Å². The van der Waals surface area contributed by atoms with Crippen molar-refractivity contribution in [3.8, 4) is 0 Å². The van der Waals surface area contributed by atoms with E-state index >= 15 is 0 Å². The maximum atomic E-state index is 12.9. The van der Waals surface area contributed by atoms with Crippen LogP contribution in [0.15, 0.2) is 12.3 Å². The molecule has 0 bridgehead atoms. The first-order valence-corrected chi connectivity index (χ1v) is 9.68. The molecule has 1 unspecified atom stereocenters. The molecule has 1 aromatic rings. The highest BCUT2D eigenvalue weighted by Gasteiger charge is 2.44. The molecule has 1 amide bonds. The highest BCUT2D eigenvalue weighted by atomic mass is 19.3. The summed E-state index contributed by atoms with van der Waals surface area (Å²) in [6.07, 6.45) is 7.41. The molecule has 1 spiro atoms. The number of hydroxylamine groups is 1. The first-order chi connectivity index (χ1) is 13.0. The van der Waals surface area contributed by atoms with E-state index in [0.29, 0.717) is 24.7 Å². The van der Waals surface area contributed by atoms with Gasteiger partial charge >= 0.3 is 0 Å². The molecule has 4 rings (SSSR count). The number of rotatable bonds is 3. The predicted molar refractivity (Wildman–Crippen MR) is 94.5 cm³/mol. The molecular formula is C19H26F2N4O2. The second-order valence-corrected chi connectivity index (χ2v) is 8.20. The summed E-state index contributed by atoms with van der Waals surface area (Å²) >= 11 is 0. The number of piperidine rings is 1. The van der Waals surface area contributed by atoms with Crippen LogP contribution in [-0.4, -0.2) is 58.1 Å². The molecule has 2 N–H and O–H groups in total. The smallest absolute Gasteiger partial charge is 0.294 e. The lowest BCUT2D eigenvalue weighted by Crippen LogP contribution is -2.43. The zero-order chi connectivity index (χ0) is 19.0. The molecule has 1 saturated carbocycles. The lowest BCUT2D eigenvalue weighted by Gasteiger charge is -2.40. The van der Waals surface area contributed by atoms with Gasteiger partial charge in [0, 0.05) is 38.4 Å². The molecular weight excluding hydrogens is 354 g/mol. The van der Waals surface area contributed by atoms with Crippen molar-refractivity contribution in [2.45, 2.75) is 57.7 Å². The Morgan fingerprint density at radius 3 is 2.78 bits per heavy atom. The van der Waals surface area contributed by atoms with Crippen molar-refractivity contribution in [1.82, 2.24) is 20.3 Å². The second kappa shape index (κ2) is 7.41. The average Bonchev–Trinajstić information content (AvgIpc) is 3.10. The fraction of sp³-hybridized carbons (Fsp3) is 0.684. The van der Waals surface area contributed by atoms with Crippen molar-refractivity contribution >= 4 is 5.91 Å². The summed E-state index contributed by atoms with van der Waals surface area (Å²) in [5, 5.41) is 8.77. The summed E-state index contributed by atoms with van der Waals surface area (Å²) < 4.78 is 25.8. The minimum absolute atomic E-state index is 0.229. The van der Waals surface area contributed by atoms with Crippen molar-refractivity contribution in [3.05, 3.63) is 29.1 Å². The van der Waals surface area contributed by atoms with Crippen LogP contribution in [0.25, 0.3) is 0 Å². The Labute approximate surface area is 157 Å². The minimum Gasteiger partial charge on any atom is -0.294 e. The topological polar surface area (TPSA) is 68.7 Å². The molecule has 3 heterocycles. The summed E-state index contributed by atoms with van der Waals surface area (Å²) in [4.78, 5) is 19.7. The Balaban J connectivity index is 1.38. The number of aromatic nitrogens is 1. The van der Waals surface area contributed by atoms with Gasteiger partial charge in [-0.1, -0.05) is 0 Å². The van der Waals surface area contributed by atoms with Crippen LogP contribution in [0.1, 0.15) is 53.7 Å². The van der Waals surface area contributed by atoms with E-state index < -0.39 is 12.5 Å². The maximum Gasteiger partial charge on any atom is 0.294 e. The quantitative estimate of drug-likeness (QED) is 0.479. The Morgan fingerprint density at radius 1 is 1.30 bits per heavy atom. The van der Waals surface area contributed by atoms with Crippen molar-refractivity contribution < 1.29 is 18.8 Å². The van der Waals surface area contributed by atoms with Gasteiger partial charge in [-0.15, -0.1) is 0 Å². The third kappa shape index (κ3) is 3.70. The molecule has 0 aromatic carbocycles. The molecule has 2 aliphatic heterocycles. The number of nitrogens with one attached hydrogen (secondary N) is 1. The molecule has 1 saturated heterocycles. The van der Waals surface area contributed by atoms with Crippen LogP contribution in [-0.2, 0) is 13.0 Å². The molecule has 0 radical (unpaired) electrons. The van der Waals surface area contributed by atoms with Crippen LogP contribution >= 0.6 is 0 Å². The third-order valence-corrected chi connectivity index (χ3v) is 6.77. The van der Waals surface area contributed by atoms with Gasteiger partial charge in [0.25, 0.3) is 12.5 Å². The van der Waals surface area contributed by atoms with E-state index in [1.165, 1.54) is 11.1 Å². The number of likely N-dealkylation sites (tertiary alicyclic amines) is 1. The number of fused-ring (bicyclic) bond motifs is 1. The Bertz CT molecular complexity index is 707. The lowest BCUT2D eigenvalue weighted by molar-refractivity contribution is -0.0595. The standard InChI is InChI=1S/C19H26F2N4O2/c20-18(21)24-7-4-19(5-8-24)3-1-15(10-19)25-6-2-13-9-14(17(26)23-27)11-22-16(13)12-25/h9,11,15,18,27H,1-8,10,12H2,(H,23,26). The molecule has 1 aliphatic carbocycles. The lowest BCUT2D eigenvalue weighted by atomic mass is 9.77. The SMILES string of the molecule is O=C(NO)c1cnc2c(c1)CCN(C1CCC3(CCN(C(F)F)CC3)C1)C2. The van der Waals surface area contributed by atoms with Crippen LogP contribution in [0.3, 0.4) is 0 Å². The van der Waals surface area contributed by atoms with Gasteiger partial charge < -0.3 is 0 Å². The fourth-order valence-electron chi connectivity index (χ4n) is 5.07. The van der Waals surface area contributed by atoms with Crippen LogP contribution in [0.2, 0.25) is 0 Å². The maximum absolute atomic E-state index is 12.9. The monoisotopic (exact) mass is 380 g/mol. The molecule has 27 heavy (non-hydrogen) atoms. The van der Waals surface area contributed by atoms with Crippen molar-refractivity contribution in [1.29, 1.82) is 0 Å². The summed E-state index contributed by atoms with van der Waals surface area (Å²) in [6.45, 7) is 0.361. The summed E-state index contributed by atoms with van der Waals surface area (Å²) in [7, 11) is 0. The molecule has 148 valence electrons. The summed E-state index contributed by atoms with van der Waals surface area (Å²) in [5.41, 5.74) is 4.29. The minimum atomic E-state index is -2.33. The summed E-state index contributed by atoms with van der Waals surface area (Å²) in [5.74, 6) is -0.541. The van der Waals surface area contributed by atoms with Gasteiger partial charge in [0.15, 0.2) is 0 Å². The van der Waals surface area contributed by atoms with Crippen LogP contribution in [0, 0.1) is 5.41 Å². The summed E-state index contributed by atoms with van der Waals surface area (Å²) in [6, 6.07) is 2.29. The number of amides is 1. The van der Waals surface area contributed by atoms with Gasteiger partial charge in [-0.2, -0.15) is 8.78 Å². The van der Waals surface area contributed by atoms with Gasteiger partial charge in [-0.25, -0.2) is 10.4 Å². The predicted octanol–water partition coefficient (Wildman–Crippen LogP) is 2.42. The van der Waals surface area contributed by atoms with Crippen LogP contribution < -0.4 is 5.48 Å². The van der Waals surface area contributed by atoms with Gasteiger partial charge in [0.2, 0.25) is 0 Å². The molecule has 3 aliphatic rings. The van der Waals surface area contributed by atoms with Crippen LogP contribution in [0.5, 0.6) is 0 Å². The van der Waals surface area contributed by atoms with Gasteiger partial charge in [0.05, 0.1) is 11.3 Å². The first kappa shape index (κ1) is 18.7. The number of carbonyl (C=O) groups is 1. The Hall–Kier alpha value is -1.64. The van der Waals surface area contributed by atoms with Gasteiger partial charge in [-0.05, 0) is 55.6 Å². The van der Waals surface area contributed by atoms with Crippen molar-refractivity contribution in [3.63, 3.8) is 0 Å². The number of hydrogen-bond acceptors (Lipinski definition) is 5. The molecule has 1 atom stereocenters. The largest absolute Gasteiger partial charge is 0.294 e. The zero-order valence-electron chi connectivity index (χ0n) is 15.3. The number of pyridine rings is 1. The van der Waals surface area contributed by atoms with E-state index in [1.54, 1.807) is 11.5 Å². The normalized spacial score (nSPS) is 25.7. The highest BCUT2D eigenvalue weighted by Crippen LogP contribution is 2.48. The Morgan fingerprint density at radius 2 is 2.07 bits per heavy atom. The van der Waals surface area contributed by atoms with Crippen molar-refractivity contribution in [2.75, 3.05) is 19.6 Å². The van der Waals surface area contributed by atoms with E-state index in [1.807, 2.05) is 0 Å². The van der Waals surface area contributed by atoms with E-state index in [9.17, 15) is 13.6 Å². The van der Waals surface area contributed by atoms with Gasteiger partial charge in [-0.3, -0.25) is 19.9 Å².